The minimum absolute atomic E-state index is 1.06. The Morgan fingerprint density at radius 3 is 1.00 bits per heavy atom. The van der Waals surface area contributed by atoms with Crippen molar-refractivity contribution in [1.29, 1.82) is 0 Å². The van der Waals surface area contributed by atoms with Crippen LogP contribution in [-0.4, -0.2) is 11.7 Å². The second kappa shape index (κ2) is 63.0. The van der Waals surface area contributed by atoms with E-state index in [1.54, 1.807) is 7.11 Å². The van der Waals surface area contributed by atoms with Crippen LogP contribution in [-0.2, 0) is 43.8 Å². The van der Waals surface area contributed by atoms with Gasteiger partial charge in [-0.25, -0.2) is 0 Å². The van der Waals surface area contributed by atoms with Crippen LogP contribution in [0.5, 0.6) is 0 Å². The van der Waals surface area contributed by atoms with Crippen LogP contribution in [0.4, 0.5) is 0 Å². The van der Waals surface area contributed by atoms with Crippen LogP contribution in [0.2, 0.25) is 0 Å². The Bertz CT molecular complexity index is 351. The molecule has 0 aromatic carbocycles. The van der Waals surface area contributed by atoms with Crippen molar-refractivity contribution in [3.05, 3.63) is 33.3 Å². The van der Waals surface area contributed by atoms with Gasteiger partial charge in [-0.05, 0) is 0 Å². The maximum absolute atomic E-state index is 7.50. The predicted octanol–water partition coefficient (Wildman–Crippen LogP) is 5.99. The van der Waals surface area contributed by atoms with Crippen LogP contribution in [0.15, 0.2) is 0 Å². The van der Waals surface area contributed by atoms with Crippen molar-refractivity contribution in [2.24, 2.45) is 0 Å². The van der Waals surface area contributed by atoms with Crippen LogP contribution in [0.25, 0.3) is 0 Å². The normalized spacial score (nSPS) is 7.60. The summed E-state index contributed by atoms with van der Waals surface area (Å²) < 4.78 is 43.7. The van der Waals surface area contributed by atoms with Crippen molar-refractivity contribution in [2.75, 3.05) is 7.11 Å². The van der Waals surface area contributed by atoms with Crippen LogP contribution < -0.4 is 0 Å². The summed E-state index contributed by atoms with van der Waals surface area (Å²) in [7, 11) is 1.75. The Hall–Kier alpha value is -0.938. The van der Waals surface area contributed by atoms with Gasteiger partial charge in [-0.3, -0.25) is 0 Å². The second-order valence-electron chi connectivity index (χ2n) is 5.92. The monoisotopic (exact) mass is 460 g/mol. The van der Waals surface area contributed by atoms with E-state index in [1.807, 2.05) is 0 Å². The van der Waals surface area contributed by atoms with E-state index in [0.717, 1.165) is 11.0 Å². The Kier molecular flexibility index (Phi) is 90.4. The molecule has 0 aromatic rings. The molecule has 0 aliphatic carbocycles. The SMILES string of the molecule is CCCCCCCCCCCCCCCC[C](=[Cr])OC.[C-]#[O+].[C-]#[O+].[C-]#[O+].[C-]#[O+].[C-]#[O+]. The van der Waals surface area contributed by atoms with Crippen molar-refractivity contribution in [3.63, 3.8) is 0 Å². The molecule has 6 nitrogen and oxygen atoms in total. The summed E-state index contributed by atoms with van der Waals surface area (Å²) >= 11 is 2.97. The van der Waals surface area contributed by atoms with E-state index >= 15 is 0 Å². The zero-order chi connectivity index (χ0) is 24.9. The molecule has 0 radical (unpaired) electrons. The Morgan fingerprint density at radius 2 is 0.767 bits per heavy atom. The van der Waals surface area contributed by atoms with Gasteiger partial charge >= 0.3 is 159 Å². The van der Waals surface area contributed by atoms with Gasteiger partial charge in [-0.1, -0.05) is 32.6 Å². The quantitative estimate of drug-likeness (QED) is 0.157. The first-order valence-corrected chi connectivity index (χ1v) is 10.5. The summed E-state index contributed by atoms with van der Waals surface area (Å²) in [6.45, 7) is 24.8. The van der Waals surface area contributed by atoms with Gasteiger partial charge < -0.3 is 0 Å². The van der Waals surface area contributed by atoms with Gasteiger partial charge in [-0.15, -0.1) is 0 Å². The average molecular weight is 461 g/mol. The van der Waals surface area contributed by atoms with E-state index in [9.17, 15) is 0 Å². The van der Waals surface area contributed by atoms with Gasteiger partial charge in [0, 0.05) is 0 Å². The Balaban J connectivity index is -0.000000125. The molecular weight excluding hydrogens is 424 g/mol. The van der Waals surface area contributed by atoms with Gasteiger partial charge in [0.15, 0.2) is 0 Å². The molecule has 0 aliphatic rings. The summed E-state index contributed by atoms with van der Waals surface area (Å²) in [4.78, 5) is 0. The number of rotatable bonds is 16. The van der Waals surface area contributed by atoms with Crippen LogP contribution in [0.3, 0.4) is 0 Å². The third-order valence-corrected chi connectivity index (χ3v) is 4.54. The molecule has 0 bridgehead atoms. The van der Waals surface area contributed by atoms with Gasteiger partial charge in [0.1, 0.15) is 0 Å². The van der Waals surface area contributed by atoms with Gasteiger partial charge in [-0.2, -0.15) is 0 Å². The van der Waals surface area contributed by atoms with Crippen molar-refractivity contribution in [1.82, 2.24) is 0 Å². The van der Waals surface area contributed by atoms with Crippen LogP contribution in [0, 0.1) is 33.3 Å². The maximum atomic E-state index is 7.50. The molecule has 0 rings (SSSR count). The van der Waals surface area contributed by atoms with Crippen molar-refractivity contribution < 1.29 is 43.8 Å². The first-order chi connectivity index (χ1) is 14.8. The number of ether oxygens (including phenoxy) is 1. The molecule has 0 aromatic heterocycles. The van der Waals surface area contributed by atoms with Crippen LogP contribution in [0.1, 0.15) is 103 Å². The molecule has 0 spiro atoms. The fraction of sp³-hybridized carbons (Fsp3) is 0.739. The van der Waals surface area contributed by atoms with Crippen molar-refractivity contribution >= 4 is 4.57 Å². The summed E-state index contributed by atoms with van der Waals surface area (Å²) in [6, 6.07) is 0. The molecule has 0 unspecified atom stereocenters. The number of hydrogen-bond donors (Lipinski definition) is 0. The van der Waals surface area contributed by atoms with E-state index in [0.29, 0.717) is 0 Å². The molecule has 0 atom stereocenters. The first-order valence-electron chi connectivity index (χ1n) is 9.90. The van der Waals surface area contributed by atoms with E-state index in [4.69, 9.17) is 28.0 Å². The third kappa shape index (κ3) is 63.1. The average Bonchev–Trinajstić information content (AvgIpc) is 2.85. The standard InChI is InChI=1S/C18H36O.5CO.Cr/c1-3-4-5-6-7-8-9-10-11-12-13-14-15-16-17-18-19-2;5*1-2;/h3-17H2,1-2H3;;;;;;. The fourth-order valence-corrected chi connectivity index (χ4v) is 2.79. The summed E-state index contributed by atoms with van der Waals surface area (Å²) in [6.07, 6.45) is 21.0. The molecule has 0 heterocycles. The predicted molar refractivity (Wildman–Crippen MR) is 107 cm³/mol. The zero-order valence-corrected chi connectivity index (χ0v) is 19.7. The van der Waals surface area contributed by atoms with Crippen LogP contribution >= 0.6 is 0 Å². The number of hydrogen-bond acceptors (Lipinski definition) is 1. The molecule has 0 fully saturated rings. The molecule has 0 saturated heterocycles. The summed E-state index contributed by atoms with van der Waals surface area (Å²) in [5, 5.41) is 0. The minimum atomic E-state index is 1.06. The molecular formula is C23H36CrO6. The second-order valence-corrected chi connectivity index (χ2v) is 6.63. The Labute approximate surface area is 192 Å². The van der Waals surface area contributed by atoms with Gasteiger partial charge in [0.2, 0.25) is 0 Å². The first kappa shape index (κ1) is 43.0. The van der Waals surface area contributed by atoms with Crippen molar-refractivity contribution in [2.45, 2.75) is 103 Å². The van der Waals surface area contributed by atoms with Gasteiger partial charge in [0.05, 0.1) is 0 Å². The van der Waals surface area contributed by atoms with E-state index in [-0.39, 0.29) is 0 Å². The molecule has 170 valence electrons. The summed E-state index contributed by atoms with van der Waals surface area (Å²) in [5.74, 6) is 0. The summed E-state index contributed by atoms with van der Waals surface area (Å²) in [5.41, 5.74) is 0. The number of unbranched alkanes of at least 4 members (excludes halogenated alkanes) is 13. The zero-order valence-electron chi connectivity index (χ0n) is 18.5. The van der Waals surface area contributed by atoms with Gasteiger partial charge in [0.25, 0.3) is 0 Å². The van der Waals surface area contributed by atoms with E-state index < -0.39 is 0 Å². The fourth-order valence-electron chi connectivity index (χ4n) is 2.57. The molecule has 7 heteroatoms. The molecule has 0 saturated carbocycles. The van der Waals surface area contributed by atoms with Crippen molar-refractivity contribution in [3.8, 4) is 0 Å². The van der Waals surface area contributed by atoms with E-state index in [1.165, 1.54) is 89.9 Å². The molecule has 0 aliphatic heterocycles. The molecule has 0 N–H and O–H groups in total. The van der Waals surface area contributed by atoms with E-state index in [2.05, 4.69) is 56.0 Å². The Morgan fingerprint density at radius 1 is 0.533 bits per heavy atom. The molecule has 30 heavy (non-hydrogen) atoms. The third-order valence-electron chi connectivity index (χ3n) is 3.96. The molecule has 0 amide bonds. The topological polar surface area (TPSA) is 109 Å². The number of methoxy groups -OCH3 is 1.